The van der Waals surface area contributed by atoms with Gasteiger partial charge in [-0.3, -0.25) is 14.9 Å². The standard InChI is InChI=1S/C15H14N4O4S2/c1-9-18-19-15(25-9)17-13(21)8-24-11-4-2-10(3-5-11)16-12(20)6-7-14(22)23/h2-7H,8H2,1H3,(H,16,20)(H,22,23)(H,17,19,21)/b7-6+. The van der Waals surface area contributed by atoms with Crippen LogP contribution in [0.4, 0.5) is 10.8 Å². The number of rotatable bonds is 7. The van der Waals surface area contributed by atoms with E-state index in [1.807, 2.05) is 0 Å². The van der Waals surface area contributed by atoms with Crippen LogP contribution in [0, 0.1) is 6.92 Å². The average Bonchev–Trinajstić information content (AvgIpc) is 2.97. The largest absolute Gasteiger partial charge is 0.478 e. The Morgan fingerprint density at radius 1 is 1.16 bits per heavy atom. The van der Waals surface area contributed by atoms with Gasteiger partial charge in [0.15, 0.2) is 0 Å². The smallest absolute Gasteiger partial charge is 0.328 e. The second kappa shape index (κ2) is 8.94. The number of aromatic nitrogens is 2. The van der Waals surface area contributed by atoms with Crippen LogP contribution in [0.1, 0.15) is 5.01 Å². The molecule has 0 aliphatic heterocycles. The minimum absolute atomic E-state index is 0.183. The van der Waals surface area contributed by atoms with Crippen molar-refractivity contribution < 1.29 is 19.5 Å². The van der Waals surface area contributed by atoms with Gasteiger partial charge in [-0.15, -0.1) is 22.0 Å². The minimum Gasteiger partial charge on any atom is -0.478 e. The van der Waals surface area contributed by atoms with E-state index in [1.165, 1.54) is 23.1 Å². The summed E-state index contributed by atoms with van der Waals surface area (Å²) in [5.41, 5.74) is 0.526. The molecule has 0 aliphatic carbocycles. The number of amides is 2. The zero-order chi connectivity index (χ0) is 18.2. The molecular weight excluding hydrogens is 364 g/mol. The van der Waals surface area contributed by atoms with Crippen LogP contribution in [0.3, 0.4) is 0 Å². The molecule has 0 saturated heterocycles. The van der Waals surface area contributed by atoms with Gasteiger partial charge in [0.2, 0.25) is 16.9 Å². The maximum Gasteiger partial charge on any atom is 0.328 e. The van der Waals surface area contributed by atoms with Crippen LogP contribution in [-0.4, -0.2) is 38.8 Å². The lowest BCUT2D eigenvalue weighted by molar-refractivity contribution is -0.131. The Bertz CT molecular complexity index is 802. The van der Waals surface area contributed by atoms with Crippen molar-refractivity contribution in [3.05, 3.63) is 41.4 Å². The first kappa shape index (κ1) is 18.6. The second-order valence-electron chi connectivity index (χ2n) is 4.65. The summed E-state index contributed by atoms with van der Waals surface area (Å²) < 4.78 is 0. The first-order valence-electron chi connectivity index (χ1n) is 6.97. The first-order chi connectivity index (χ1) is 11.9. The molecule has 0 spiro atoms. The van der Waals surface area contributed by atoms with Crippen molar-refractivity contribution in [1.82, 2.24) is 10.2 Å². The molecule has 1 aromatic carbocycles. The fourth-order valence-corrected chi connectivity index (χ4v) is 2.92. The van der Waals surface area contributed by atoms with Gasteiger partial charge in [0, 0.05) is 22.7 Å². The van der Waals surface area contributed by atoms with Crippen molar-refractivity contribution >= 4 is 51.7 Å². The monoisotopic (exact) mass is 378 g/mol. The van der Waals surface area contributed by atoms with E-state index in [-0.39, 0.29) is 11.7 Å². The van der Waals surface area contributed by atoms with Crippen molar-refractivity contribution in [2.24, 2.45) is 0 Å². The van der Waals surface area contributed by atoms with E-state index in [1.54, 1.807) is 31.2 Å². The number of nitrogens with zero attached hydrogens (tertiary/aromatic N) is 2. The Labute approximate surface area is 151 Å². The molecule has 8 nitrogen and oxygen atoms in total. The Morgan fingerprint density at radius 2 is 1.88 bits per heavy atom. The highest BCUT2D eigenvalue weighted by molar-refractivity contribution is 8.00. The Balaban J connectivity index is 1.80. The van der Waals surface area contributed by atoms with E-state index in [2.05, 4.69) is 20.8 Å². The van der Waals surface area contributed by atoms with Crippen molar-refractivity contribution in [3.8, 4) is 0 Å². The van der Waals surface area contributed by atoms with Gasteiger partial charge in [-0.2, -0.15) is 0 Å². The van der Waals surface area contributed by atoms with Gasteiger partial charge >= 0.3 is 5.97 Å². The normalized spacial score (nSPS) is 10.6. The van der Waals surface area contributed by atoms with Gasteiger partial charge in [0.25, 0.3) is 0 Å². The van der Waals surface area contributed by atoms with Gasteiger partial charge < -0.3 is 10.4 Å². The summed E-state index contributed by atoms with van der Waals surface area (Å²) in [4.78, 5) is 34.5. The number of nitrogens with one attached hydrogen (secondary N) is 2. The predicted molar refractivity (Wildman–Crippen MR) is 95.8 cm³/mol. The van der Waals surface area contributed by atoms with E-state index in [9.17, 15) is 14.4 Å². The Kier molecular flexibility index (Phi) is 6.66. The molecule has 0 bridgehead atoms. The van der Waals surface area contributed by atoms with Crippen LogP contribution in [0.5, 0.6) is 0 Å². The average molecular weight is 378 g/mol. The van der Waals surface area contributed by atoms with Gasteiger partial charge in [-0.1, -0.05) is 11.3 Å². The van der Waals surface area contributed by atoms with E-state index in [4.69, 9.17) is 5.11 Å². The molecule has 0 unspecified atom stereocenters. The molecule has 1 aromatic heterocycles. The number of aliphatic carboxylic acids is 1. The summed E-state index contributed by atoms with van der Waals surface area (Å²) in [5.74, 6) is -1.69. The topological polar surface area (TPSA) is 121 Å². The van der Waals surface area contributed by atoms with Gasteiger partial charge in [0.05, 0.1) is 5.75 Å². The maximum atomic E-state index is 11.8. The number of benzene rings is 1. The van der Waals surface area contributed by atoms with Crippen LogP contribution in [0.2, 0.25) is 0 Å². The van der Waals surface area contributed by atoms with Crippen LogP contribution in [-0.2, 0) is 14.4 Å². The number of carbonyl (C=O) groups excluding carboxylic acids is 2. The lowest BCUT2D eigenvalue weighted by Crippen LogP contribution is -2.13. The van der Waals surface area contributed by atoms with Crippen LogP contribution in [0.25, 0.3) is 0 Å². The molecule has 0 saturated carbocycles. The Morgan fingerprint density at radius 3 is 2.48 bits per heavy atom. The molecular formula is C15H14N4O4S2. The summed E-state index contributed by atoms with van der Waals surface area (Å²) in [6.45, 7) is 1.81. The molecule has 25 heavy (non-hydrogen) atoms. The predicted octanol–water partition coefficient (Wildman–Crippen LogP) is 2.16. The summed E-state index contributed by atoms with van der Waals surface area (Å²) in [6, 6.07) is 6.84. The highest BCUT2D eigenvalue weighted by atomic mass is 32.2. The number of hydrogen-bond acceptors (Lipinski definition) is 7. The molecule has 2 amide bonds. The maximum absolute atomic E-state index is 11.8. The summed E-state index contributed by atoms with van der Waals surface area (Å²) in [7, 11) is 0. The number of carboxylic acid groups (broad SMARTS) is 1. The van der Waals surface area contributed by atoms with Crippen LogP contribution < -0.4 is 10.6 Å². The fraction of sp³-hybridized carbons (Fsp3) is 0.133. The SMILES string of the molecule is Cc1nnc(NC(=O)CSc2ccc(NC(=O)/C=C/C(=O)O)cc2)s1. The highest BCUT2D eigenvalue weighted by Crippen LogP contribution is 2.21. The Hall–Kier alpha value is -2.72. The molecule has 0 aliphatic rings. The third kappa shape index (κ3) is 6.73. The number of thioether (sulfide) groups is 1. The van der Waals surface area contributed by atoms with E-state index in [0.29, 0.717) is 10.8 Å². The van der Waals surface area contributed by atoms with Crippen molar-refractivity contribution in [1.29, 1.82) is 0 Å². The summed E-state index contributed by atoms with van der Waals surface area (Å²) in [6.07, 6.45) is 1.70. The zero-order valence-corrected chi connectivity index (χ0v) is 14.7. The summed E-state index contributed by atoms with van der Waals surface area (Å²) >= 11 is 2.64. The third-order valence-electron chi connectivity index (χ3n) is 2.64. The van der Waals surface area contributed by atoms with Crippen LogP contribution in [0.15, 0.2) is 41.3 Å². The molecule has 130 valence electrons. The number of carboxylic acids is 1. The molecule has 0 atom stereocenters. The van der Waals surface area contributed by atoms with Gasteiger partial charge in [-0.25, -0.2) is 4.79 Å². The molecule has 0 radical (unpaired) electrons. The first-order valence-corrected chi connectivity index (χ1v) is 8.77. The quantitative estimate of drug-likeness (QED) is 0.498. The molecule has 0 fully saturated rings. The van der Waals surface area contributed by atoms with Crippen molar-refractivity contribution in [3.63, 3.8) is 0 Å². The fourth-order valence-electron chi connectivity index (χ4n) is 1.62. The van der Waals surface area contributed by atoms with E-state index >= 15 is 0 Å². The zero-order valence-electron chi connectivity index (χ0n) is 13.1. The summed E-state index contributed by atoms with van der Waals surface area (Å²) in [5, 5.41) is 22.5. The molecule has 10 heteroatoms. The third-order valence-corrected chi connectivity index (χ3v) is 4.41. The molecule has 2 aromatic rings. The lowest BCUT2D eigenvalue weighted by atomic mass is 10.3. The van der Waals surface area contributed by atoms with Crippen molar-refractivity contribution in [2.75, 3.05) is 16.4 Å². The number of anilines is 2. The number of hydrogen-bond donors (Lipinski definition) is 3. The highest BCUT2D eigenvalue weighted by Gasteiger charge is 2.07. The van der Waals surface area contributed by atoms with Gasteiger partial charge in [-0.05, 0) is 31.2 Å². The molecule has 2 rings (SSSR count). The second-order valence-corrected chi connectivity index (χ2v) is 6.88. The lowest BCUT2D eigenvalue weighted by Gasteiger charge is -2.05. The molecule has 3 N–H and O–H groups in total. The van der Waals surface area contributed by atoms with E-state index < -0.39 is 11.9 Å². The number of carbonyl (C=O) groups is 3. The molecule has 1 heterocycles. The van der Waals surface area contributed by atoms with Crippen LogP contribution >= 0.6 is 23.1 Å². The van der Waals surface area contributed by atoms with Crippen molar-refractivity contribution in [2.45, 2.75) is 11.8 Å². The van der Waals surface area contributed by atoms with E-state index in [0.717, 1.165) is 22.1 Å². The minimum atomic E-state index is -1.19. The van der Waals surface area contributed by atoms with Gasteiger partial charge in [0.1, 0.15) is 5.01 Å². The number of aryl methyl sites for hydroxylation is 1.